The van der Waals surface area contributed by atoms with Crippen molar-refractivity contribution in [2.75, 3.05) is 6.61 Å². The molecule has 0 aliphatic heterocycles. The van der Waals surface area contributed by atoms with Crippen molar-refractivity contribution in [2.45, 2.75) is 20.5 Å². The summed E-state index contributed by atoms with van der Waals surface area (Å²) in [6.45, 7) is 5.43. The molecule has 0 amide bonds. The van der Waals surface area contributed by atoms with Crippen LogP contribution >= 0.6 is 11.6 Å². The largest absolute Gasteiger partial charge is 0.377 e. The molecule has 0 fully saturated rings. The third-order valence-corrected chi connectivity index (χ3v) is 3.25. The quantitative estimate of drug-likeness (QED) is 0.807. The maximum absolute atomic E-state index is 6.29. The van der Waals surface area contributed by atoms with Crippen LogP contribution in [0.15, 0.2) is 30.5 Å². The van der Waals surface area contributed by atoms with Crippen LogP contribution in [0.4, 0.5) is 0 Å². The molecule has 2 aromatic rings. The van der Waals surface area contributed by atoms with Crippen molar-refractivity contribution in [1.29, 1.82) is 0 Å². The van der Waals surface area contributed by atoms with Gasteiger partial charge in [-0.05, 0) is 43.2 Å². The molecule has 0 N–H and O–H groups in total. The molecule has 0 radical (unpaired) electrons. The number of hydrogen-bond donors (Lipinski definition) is 0. The smallest absolute Gasteiger partial charge is 0.0716 e. The Morgan fingerprint density at radius 3 is 2.67 bits per heavy atom. The van der Waals surface area contributed by atoms with Crippen LogP contribution < -0.4 is 0 Å². The molecular weight excluding hydrogens is 246 g/mol. The predicted molar refractivity (Wildman–Crippen MR) is 75.9 cm³/mol. The van der Waals surface area contributed by atoms with Crippen molar-refractivity contribution >= 4 is 11.6 Å². The highest BCUT2D eigenvalue weighted by Gasteiger charge is 2.09. The van der Waals surface area contributed by atoms with Crippen LogP contribution in [0.25, 0.3) is 11.3 Å². The highest BCUT2D eigenvalue weighted by molar-refractivity contribution is 6.33. The van der Waals surface area contributed by atoms with E-state index in [4.69, 9.17) is 16.3 Å². The summed E-state index contributed by atoms with van der Waals surface area (Å²) in [6, 6.07) is 8.20. The van der Waals surface area contributed by atoms with Crippen LogP contribution in [-0.4, -0.2) is 11.2 Å². The molecule has 1 aromatic heterocycles. The van der Waals surface area contributed by atoms with Crippen molar-refractivity contribution in [3.63, 3.8) is 0 Å². The lowest BCUT2D eigenvalue weighted by Gasteiger charge is -2.09. The second-order valence-electron chi connectivity index (χ2n) is 4.46. The van der Waals surface area contributed by atoms with Crippen molar-refractivity contribution < 1.29 is 4.74 Å². The summed E-state index contributed by atoms with van der Waals surface area (Å²) in [7, 11) is 2.04. The lowest BCUT2D eigenvalue weighted by Crippen LogP contribution is -1.95. The molecule has 0 aliphatic rings. The van der Waals surface area contributed by atoms with Crippen molar-refractivity contribution in [1.82, 2.24) is 4.57 Å². The third kappa shape index (κ3) is 2.77. The van der Waals surface area contributed by atoms with Crippen LogP contribution in [0.2, 0.25) is 5.02 Å². The van der Waals surface area contributed by atoms with E-state index < -0.39 is 0 Å². The van der Waals surface area contributed by atoms with Crippen molar-refractivity contribution in [2.24, 2.45) is 7.05 Å². The van der Waals surface area contributed by atoms with Gasteiger partial charge in [0.2, 0.25) is 0 Å². The summed E-state index contributed by atoms with van der Waals surface area (Å²) in [5.74, 6) is 0. The maximum Gasteiger partial charge on any atom is 0.0716 e. The molecule has 1 heterocycles. The fourth-order valence-electron chi connectivity index (χ4n) is 2.08. The van der Waals surface area contributed by atoms with Gasteiger partial charge in [0.05, 0.1) is 6.61 Å². The summed E-state index contributed by atoms with van der Waals surface area (Å²) in [4.78, 5) is 0. The first kappa shape index (κ1) is 13.2. The van der Waals surface area contributed by atoms with Crippen molar-refractivity contribution in [3.8, 4) is 11.3 Å². The minimum absolute atomic E-state index is 0.629. The average Bonchev–Trinajstić information content (AvgIpc) is 2.67. The molecule has 18 heavy (non-hydrogen) atoms. The summed E-state index contributed by atoms with van der Waals surface area (Å²) in [5.41, 5.74) is 4.58. The van der Waals surface area contributed by atoms with E-state index in [2.05, 4.69) is 29.8 Å². The number of aromatic nitrogens is 1. The van der Waals surface area contributed by atoms with Crippen LogP contribution in [0.5, 0.6) is 0 Å². The highest BCUT2D eigenvalue weighted by Crippen LogP contribution is 2.30. The molecule has 2 nitrogen and oxygen atoms in total. The second-order valence-corrected chi connectivity index (χ2v) is 4.87. The number of benzene rings is 1. The highest BCUT2D eigenvalue weighted by atomic mass is 35.5. The zero-order valence-corrected chi connectivity index (χ0v) is 11.8. The monoisotopic (exact) mass is 263 g/mol. The maximum atomic E-state index is 6.29. The Hall–Kier alpha value is -1.25. The molecule has 3 heteroatoms. The minimum atomic E-state index is 0.629. The number of rotatable bonds is 4. The number of ether oxygens (including phenoxy) is 1. The predicted octanol–water partition coefficient (Wildman–Crippen LogP) is 4.19. The summed E-state index contributed by atoms with van der Waals surface area (Å²) in [6.07, 6.45) is 2.10. The minimum Gasteiger partial charge on any atom is -0.377 e. The molecular formula is C15H18ClNO. The molecule has 1 aromatic carbocycles. The van der Waals surface area contributed by atoms with Gasteiger partial charge in [-0.25, -0.2) is 0 Å². The van der Waals surface area contributed by atoms with Gasteiger partial charge in [0.25, 0.3) is 0 Å². The molecule has 0 saturated heterocycles. The normalized spacial score (nSPS) is 10.9. The molecule has 0 spiro atoms. The zero-order valence-electron chi connectivity index (χ0n) is 11.0. The molecule has 0 unspecified atom stereocenters. The molecule has 0 saturated carbocycles. The molecule has 0 atom stereocenters. The van der Waals surface area contributed by atoms with E-state index in [1.807, 2.05) is 26.1 Å². The number of aryl methyl sites for hydroxylation is 2. The van der Waals surface area contributed by atoms with E-state index in [9.17, 15) is 0 Å². The molecule has 0 aliphatic carbocycles. The first-order valence-corrected chi connectivity index (χ1v) is 6.49. The Kier molecular flexibility index (Phi) is 4.10. The Balaban J connectivity index is 2.40. The van der Waals surface area contributed by atoms with Gasteiger partial charge in [-0.15, -0.1) is 0 Å². The topological polar surface area (TPSA) is 14.2 Å². The Morgan fingerprint density at radius 1 is 1.28 bits per heavy atom. The van der Waals surface area contributed by atoms with Crippen molar-refractivity contribution in [3.05, 3.63) is 46.6 Å². The van der Waals surface area contributed by atoms with Gasteiger partial charge >= 0.3 is 0 Å². The Morgan fingerprint density at radius 2 is 2.06 bits per heavy atom. The van der Waals surface area contributed by atoms with Crippen LogP contribution in [-0.2, 0) is 18.4 Å². The Labute approximate surface area is 113 Å². The van der Waals surface area contributed by atoms with Crippen LogP contribution in [0.1, 0.15) is 18.1 Å². The summed E-state index contributed by atoms with van der Waals surface area (Å²) >= 11 is 6.29. The van der Waals surface area contributed by atoms with Gasteiger partial charge in [-0.3, -0.25) is 0 Å². The second kappa shape index (κ2) is 5.59. The fraction of sp³-hybridized carbons (Fsp3) is 0.333. The molecule has 96 valence electrons. The average molecular weight is 264 g/mol. The number of nitrogens with zero attached hydrogens (tertiary/aromatic N) is 1. The first-order chi connectivity index (χ1) is 8.61. The fourth-order valence-corrected chi connectivity index (χ4v) is 2.29. The van der Waals surface area contributed by atoms with Gasteiger partial charge in [0, 0.05) is 36.1 Å². The van der Waals surface area contributed by atoms with E-state index in [1.165, 1.54) is 5.56 Å². The van der Waals surface area contributed by atoms with Gasteiger partial charge in [-0.1, -0.05) is 17.7 Å². The first-order valence-electron chi connectivity index (χ1n) is 6.11. The number of hydrogen-bond acceptors (Lipinski definition) is 1. The standard InChI is InChI=1S/C15H18ClNO/c1-4-18-10-12-5-6-14(16)13(8-12)15-7-11(2)9-17(15)3/h5-9H,4,10H2,1-3H3. The van der Waals surface area contributed by atoms with Gasteiger partial charge in [0.1, 0.15) is 0 Å². The van der Waals surface area contributed by atoms with E-state index in [0.29, 0.717) is 6.61 Å². The summed E-state index contributed by atoms with van der Waals surface area (Å²) < 4.78 is 7.53. The lowest BCUT2D eigenvalue weighted by atomic mass is 10.1. The van der Waals surface area contributed by atoms with Crippen LogP contribution in [0, 0.1) is 6.92 Å². The molecule has 0 bridgehead atoms. The van der Waals surface area contributed by atoms with E-state index in [0.717, 1.165) is 28.5 Å². The van der Waals surface area contributed by atoms with Gasteiger partial charge in [-0.2, -0.15) is 0 Å². The zero-order chi connectivity index (χ0) is 13.1. The SMILES string of the molecule is CCOCc1ccc(Cl)c(-c2cc(C)cn2C)c1. The van der Waals surface area contributed by atoms with E-state index in [-0.39, 0.29) is 0 Å². The van der Waals surface area contributed by atoms with E-state index >= 15 is 0 Å². The molecule has 2 rings (SSSR count). The van der Waals surface area contributed by atoms with Gasteiger partial charge in [0.15, 0.2) is 0 Å². The third-order valence-electron chi connectivity index (χ3n) is 2.92. The van der Waals surface area contributed by atoms with Crippen LogP contribution in [0.3, 0.4) is 0 Å². The summed E-state index contributed by atoms with van der Waals surface area (Å²) in [5, 5.41) is 0.774. The number of halogens is 1. The Bertz CT molecular complexity index is 545. The van der Waals surface area contributed by atoms with E-state index in [1.54, 1.807) is 0 Å². The lowest BCUT2D eigenvalue weighted by molar-refractivity contribution is 0.134. The van der Waals surface area contributed by atoms with Gasteiger partial charge < -0.3 is 9.30 Å².